The molecule has 1 aliphatic rings. The lowest BCUT2D eigenvalue weighted by Crippen LogP contribution is -2.21. The summed E-state index contributed by atoms with van der Waals surface area (Å²) in [4.78, 5) is 4.14. The summed E-state index contributed by atoms with van der Waals surface area (Å²) in [5, 5.41) is 3.27. The van der Waals surface area contributed by atoms with Crippen molar-refractivity contribution in [1.29, 1.82) is 0 Å². The van der Waals surface area contributed by atoms with E-state index in [0.29, 0.717) is 11.5 Å². The van der Waals surface area contributed by atoms with E-state index in [2.05, 4.69) is 10.3 Å². The van der Waals surface area contributed by atoms with Crippen LogP contribution >= 0.6 is 0 Å². The minimum Gasteiger partial charge on any atom is -0.396 e. The molecular weight excluding hydrogens is 176 g/mol. The minimum absolute atomic E-state index is 0.406. The zero-order valence-corrected chi connectivity index (χ0v) is 8.16. The highest BCUT2D eigenvalue weighted by Crippen LogP contribution is 2.26. The SMILES string of the molecule is Nc1ccc(NCC2CCC2)nc1N. The number of anilines is 3. The Bertz CT molecular complexity index is 320. The minimum atomic E-state index is 0.406. The lowest BCUT2D eigenvalue weighted by molar-refractivity contribution is 0.333. The van der Waals surface area contributed by atoms with Gasteiger partial charge in [-0.05, 0) is 30.9 Å². The first kappa shape index (κ1) is 9.12. The second-order valence-electron chi connectivity index (χ2n) is 3.85. The largest absolute Gasteiger partial charge is 0.396 e. The van der Waals surface area contributed by atoms with Gasteiger partial charge in [-0.15, -0.1) is 0 Å². The smallest absolute Gasteiger partial charge is 0.149 e. The maximum Gasteiger partial charge on any atom is 0.149 e. The van der Waals surface area contributed by atoms with E-state index in [4.69, 9.17) is 11.5 Å². The van der Waals surface area contributed by atoms with Gasteiger partial charge < -0.3 is 16.8 Å². The summed E-state index contributed by atoms with van der Waals surface area (Å²) in [6.07, 6.45) is 4.03. The first-order valence-corrected chi connectivity index (χ1v) is 5.01. The van der Waals surface area contributed by atoms with Crippen LogP contribution in [0, 0.1) is 5.92 Å². The van der Waals surface area contributed by atoms with Crippen LogP contribution < -0.4 is 16.8 Å². The average Bonchev–Trinajstić information content (AvgIpc) is 2.08. The molecule has 0 aliphatic heterocycles. The van der Waals surface area contributed by atoms with E-state index in [0.717, 1.165) is 18.3 Å². The van der Waals surface area contributed by atoms with E-state index in [9.17, 15) is 0 Å². The van der Waals surface area contributed by atoms with Crippen molar-refractivity contribution in [3.05, 3.63) is 12.1 Å². The van der Waals surface area contributed by atoms with Crippen molar-refractivity contribution in [3.63, 3.8) is 0 Å². The van der Waals surface area contributed by atoms with Gasteiger partial charge in [-0.25, -0.2) is 4.98 Å². The van der Waals surface area contributed by atoms with Gasteiger partial charge in [0, 0.05) is 6.54 Å². The third-order valence-electron chi connectivity index (χ3n) is 2.75. The Morgan fingerprint density at radius 3 is 2.71 bits per heavy atom. The number of nitrogens with two attached hydrogens (primary N) is 2. The van der Waals surface area contributed by atoms with Gasteiger partial charge in [-0.1, -0.05) is 6.42 Å². The number of nitrogen functional groups attached to an aromatic ring is 2. The van der Waals surface area contributed by atoms with Crippen molar-refractivity contribution < 1.29 is 0 Å². The fourth-order valence-corrected chi connectivity index (χ4v) is 1.53. The molecule has 5 N–H and O–H groups in total. The summed E-state index contributed by atoms with van der Waals surface area (Å²) < 4.78 is 0. The molecule has 1 aliphatic carbocycles. The normalized spacial score (nSPS) is 16.3. The number of hydrogen-bond acceptors (Lipinski definition) is 4. The first-order valence-electron chi connectivity index (χ1n) is 5.01. The molecule has 2 rings (SSSR count). The Morgan fingerprint density at radius 1 is 1.36 bits per heavy atom. The zero-order chi connectivity index (χ0) is 9.97. The van der Waals surface area contributed by atoms with Crippen molar-refractivity contribution in [2.45, 2.75) is 19.3 Å². The Morgan fingerprint density at radius 2 is 2.14 bits per heavy atom. The molecule has 4 heteroatoms. The van der Waals surface area contributed by atoms with E-state index in [1.165, 1.54) is 19.3 Å². The van der Waals surface area contributed by atoms with Gasteiger partial charge in [-0.2, -0.15) is 0 Å². The maximum absolute atomic E-state index is 5.60. The van der Waals surface area contributed by atoms with Gasteiger partial charge in [0.05, 0.1) is 5.69 Å². The highest BCUT2D eigenvalue weighted by molar-refractivity contribution is 5.61. The zero-order valence-electron chi connectivity index (χ0n) is 8.16. The predicted octanol–water partition coefficient (Wildman–Crippen LogP) is 1.46. The number of nitrogens with zero attached hydrogens (tertiary/aromatic N) is 1. The first-order chi connectivity index (χ1) is 6.75. The monoisotopic (exact) mass is 192 g/mol. The van der Waals surface area contributed by atoms with Crippen LogP contribution in [0.25, 0.3) is 0 Å². The van der Waals surface area contributed by atoms with Gasteiger partial charge in [0.1, 0.15) is 11.6 Å². The van der Waals surface area contributed by atoms with Crippen molar-refractivity contribution in [2.24, 2.45) is 5.92 Å². The number of nitrogens with one attached hydrogen (secondary N) is 1. The third kappa shape index (κ3) is 1.89. The molecule has 1 fully saturated rings. The molecule has 0 aromatic carbocycles. The fourth-order valence-electron chi connectivity index (χ4n) is 1.53. The van der Waals surface area contributed by atoms with E-state index >= 15 is 0 Å². The summed E-state index contributed by atoms with van der Waals surface area (Å²) in [6, 6.07) is 3.65. The van der Waals surface area contributed by atoms with Crippen molar-refractivity contribution in [3.8, 4) is 0 Å². The van der Waals surface area contributed by atoms with Crippen molar-refractivity contribution in [1.82, 2.24) is 4.98 Å². The number of pyridine rings is 1. The number of aromatic nitrogens is 1. The van der Waals surface area contributed by atoms with Gasteiger partial charge in [-0.3, -0.25) is 0 Å². The summed E-state index contributed by atoms with van der Waals surface area (Å²) in [7, 11) is 0. The summed E-state index contributed by atoms with van der Waals surface area (Å²) in [5.41, 5.74) is 11.7. The van der Waals surface area contributed by atoms with Crippen molar-refractivity contribution in [2.75, 3.05) is 23.3 Å². The highest BCUT2D eigenvalue weighted by Gasteiger charge is 2.16. The Hall–Kier alpha value is -1.45. The molecule has 1 saturated carbocycles. The molecule has 0 saturated heterocycles. The second-order valence-corrected chi connectivity index (χ2v) is 3.85. The average molecular weight is 192 g/mol. The van der Waals surface area contributed by atoms with Gasteiger partial charge >= 0.3 is 0 Å². The molecule has 0 amide bonds. The lowest BCUT2D eigenvalue weighted by atomic mass is 9.85. The maximum atomic E-state index is 5.60. The highest BCUT2D eigenvalue weighted by atomic mass is 15.0. The second kappa shape index (κ2) is 3.74. The fraction of sp³-hybridized carbons (Fsp3) is 0.500. The third-order valence-corrected chi connectivity index (χ3v) is 2.75. The summed E-state index contributed by atoms with van der Waals surface area (Å²) in [5.74, 6) is 2.04. The van der Waals surface area contributed by atoms with Crippen LogP contribution in [0.15, 0.2) is 12.1 Å². The molecule has 1 aromatic heterocycles. The molecule has 4 nitrogen and oxygen atoms in total. The van der Waals surface area contributed by atoms with Crippen LogP contribution in [-0.2, 0) is 0 Å². The van der Waals surface area contributed by atoms with Gasteiger partial charge in [0.25, 0.3) is 0 Å². The quantitative estimate of drug-likeness (QED) is 0.677. The molecule has 0 radical (unpaired) electrons. The molecule has 0 bridgehead atoms. The molecule has 0 unspecified atom stereocenters. The van der Waals surface area contributed by atoms with E-state index in [-0.39, 0.29) is 0 Å². The molecular formula is C10H16N4. The van der Waals surface area contributed by atoms with Crippen LogP contribution in [0.1, 0.15) is 19.3 Å². The van der Waals surface area contributed by atoms with E-state index in [1.807, 2.05) is 6.07 Å². The van der Waals surface area contributed by atoms with E-state index in [1.54, 1.807) is 6.07 Å². The molecule has 76 valence electrons. The topological polar surface area (TPSA) is 77.0 Å². The Labute approximate surface area is 83.7 Å². The number of hydrogen-bond donors (Lipinski definition) is 3. The molecule has 14 heavy (non-hydrogen) atoms. The number of rotatable bonds is 3. The molecule has 0 spiro atoms. The van der Waals surface area contributed by atoms with Crippen LogP contribution in [0.5, 0.6) is 0 Å². The molecule has 0 atom stereocenters. The van der Waals surface area contributed by atoms with Crippen LogP contribution in [0.3, 0.4) is 0 Å². The van der Waals surface area contributed by atoms with Crippen LogP contribution in [0.4, 0.5) is 17.3 Å². The predicted molar refractivity (Wildman–Crippen MR) is 58.9 cm³/mol. The Kier molecular flexibility index (Phi) is 2.43. The van der Waals surface area contributed by atoms with Crippen LogP contribution in [-0.4, -0.2) is 11.5 Å². The van der Waals surface area contributed by atoms with Crippen LogP contribution in [0.2, 0.25) is 0 Å². The standard InChI is InChI=1S/C10H16N4/c11-8-4-5-9(14-10(8)12)13-6-7-2-1-3-7/h4-5,7H,1-3,6,11H2,(H3,12,13,14). The summed E-state index contributed by atoms with van der Waals surface area (Å²) >= 11 is 0. The van der Waals surface area contributed by atoms with Gasteiger partial charge in [0.15, 0.2) is 0 Å². The van der Waals surface area contributed by atoms with E-state index < -0.39 is 0 Å². The molecule has 1 aromatic rings. The molecule has 1 heterocycles. The Balaban J connectivity index is 1.91. The van der Waals surface area contributed by atoms with Gasteiger partial charge in [0.2, 0.25) is 0 Å². The van der Waals surface area contributed by atoms with Crippen molar-refractivity contribution >= 4 is 17.3 Å². The summed E-state index contributed by atoms with van der Waals surface area (Å²) in [6.45, 7) is 0.996. The lowest BCUT2D eigenvalue weighted by Gasteiger charge is -2.25.